The molecule has 3 N–H and O–H groups in total. The van der Waals surface area contributed by atoms with Gasteiger partial charge in [0.1, 0.15) is 17.6 Å². The summed E-state index contributed by atoms with van der Waals surface area (Å²) in [7, 11) is 0. The molecular weight excluding hydrogens is 468 g/mol. The zero-order valence-corrected chi connectivity index (χ0v) is 21.3. The summed E-state index contributed by atoms with van der Waals surface area (Å²) in [6.07, 6.45) is -0.489. The molecular formula is C28H34N6O3. The highest BCUT2D eigenvalue weighted by Gasteiger charge is 2.28. The predicted molar refractivity (Wildman–Crippen MR) is 144 cm³/mol. The monoisotopic (exact) mass is 502 g/mol. The molecule has 9 nitrogen and oxygen atoms in total. The van der Waals surface area contributed by atoms with E-state index in [2.05, 4.69) is 87.1 Å². The zero-order chi connectivity index (χ0) is 25.9. The van der Waals surface area contributed by atoms with Gasteiger partial charge in [-0.3, -0.25) is 19.6 Å². The lowest BCUT2D eigenvalue weighted by Crippen LogP contribution is -2.49. The molecule has 37 heavy (non-hydrogen) atoms. The van der Waals surface area contributed by atoms with Crippen molar-refractivity contribution in [1.82, 2.24) is 29.3 Å². The number of H-pyrrole nitrogens is 2. The van der Waals surface area contributed by atoms with Crippen LogP contribution in [0.3, 0.4) is 0 Å². The fraction of sp³-hybridized carbons (Fsp3) is 0.393. The first kappa shape index (κ1) is 25.1. The third-order valence-corrected chi connectivity index (χ3v) is 6.95. The summed E-state index contributed by atoms with van der Waals surface area (Å²) in [5.74, 6) is 0.958. The average molecular weight is 503 g/mol. The Morgan fingerprint density at radius 1 is 0.892 bits per heavy atom. The van der Waals surface area contributed by atoms with E-state index in [9.17, 15) is 14.7 Å². The Morgan fingerprint density at radius 3 is 2.05 bits per heavy atom. The summed E-state index contributed by atoms with van der Waals surface area (Å²) in [4.78, 5) is 39.5. The first-order chi connectivity index (χ1) is 17.9. The summed E-state index contributed by atoms with van der Waals surface area (Å²) in [5.41, 5.74) is 1.74. The first-order valence-electron chi connectivity index (χ1n) is 12.9. The van der Waals surface area contributed by atoms with E-state index in [1.807, 2.05) is 12.1 Å². The molecule has 1 aliphatic rings. The Labute approximate surface area is 215 Å². The molecule has 1 aliphatic heterocycles. The number of aromatic nitrogens is 4. The van der Waals surface area contributed by atoms with Crippen molar-refractivity contribution in [1.29, 1.82) is 0 Å². The number of fused-ring (bicyclic) bond motifs is 1. The van der Waals surface area contributed by atoms with Gasteiger partial charge in [0.05, 0.1) is 6.04 Å². The summed E-state index contributed by atoms with van der Waals surface area (Å²) >= 11 is 0. The van der Waals surface area contributed by atoms with E-state index in [4.69, 9.17) is 0 Å². The molecule has 0 saturated carbocycles. The molecule has 0 bridgehead atoms. The van der Waals surface area contributed by atoms with Gasteiger partial charge in [0, 0.05) is 39.1 Å². The van der Waals surface area contributed by atoms with Crippen LogP contribution in [0.5, 0.6) is 0 Å². The van der Waals surface area contributed by atoms with E-state index in [0.717, 1.165) is 26.2 Å². The molecule has 9 heteroatoms. The average Bonchev–Trinajstić information content (AvgIpc) is 3.29. The number of benzene rings is 2. The van der Waals surface area contributed by atoms with Crippen molar-refractivity contribution in [2.45, 2.75) is 32.5 Å². The zero-order valence-electron chi connectivity index (χ0n) is 21.3. The Bertz CT molecular complexity index is 1400. The van der Waals surface area contributed by atoms with Crippen molar-refractivity contribution < 1.29 is 5.11 Å². The van der Waals surface area contributed by atoms with Gasteiger partial charge in [0.25, 0.3) is 5.56 Å². The molecule has 2 aromatic carbocycles. The van der Waals surface area contributed by atoms with Crippen LogP contribution in [0.2, 0.25) is 0 Å². The molecule has 1 saturated heterocycles. The molecule has 1 atom stereocenters. The van der Waals surface area contributed by atoms with Crippen LogP contribution in [0, 0.1) is 5.92 Å². The van der Waals surface area contributed by atoms with Crippen LogP contribution in [0.15, 0.2) is 70.3 Å². The van der Waals surface area contributed by atoms with Gasteiger partial charge in [0.15, 0.2) is 5.65 Å². The predicted octanol–water partition coefficient (Wildman–Crippen LogP) is 2.51. The van der Waals surface area contributed by atoms with Crippen molar-refractivity contribution in [2.24, 2.45) is 5.92 Å². The molecule has 5 rings (SSSR count). The fourth-order valence-electron chi connectivity index (χ4n) is 5.22. The lowest BCUT2D eigenvalue weighted by atomic mass is 9.96. The van der Waals surface area contributed by atoms with Gasteiger partial charge in [-0.2, -0.15) is 0 Å². The fourth-order valence-corrected chi connectivity index (χ4v) is 5.22. The third-order valence-electron chi connectivity index (χ3n) is 6.95. The summed E-state index contributed by atoms with van der Waals surface area (Å²) in [6, 6.07) is 21.2. The summed E-state index contributed by atoms with van der Waals surface area (Å²) in [5, 5.41) is 11.1. The van der Waals surface area contributed by atoms with Gasteiger partial charge in [-0.15, -0.1) is 0 Å². The number of nitrogens with zero attached hydrogens (tertiary/aromatic N) is 4. The van der Waals surface area contributed by atoms with E-state index in [0.29, 0.717) is 18.2 Å². The normalized spacial score (nSPS) is 16.1. The van der Waals surface area contributed by atoms with Crippen molar-refractivity contribution in [2.75, 3.05) is 32.7 Å². The second-order valence-electron chi connectivity index (χ2n) is 10.2. The molecule has 0 spiro atoms. The van der Waals surface area contributed by atoms with Gasteiger partial charge in [-0.1, -0.05) is 74.5 Å². The highest BCUT2D eigenvalue weighted by atomic mass is 16.3. The maximum absolute atomic E-state index is 12.7. The number of piperazine rings is 1. The lowest BCUT2D eigenvalue weighted by Gasteiger charge is -2.40. The van der Waals surface area contributed by atoms with Gasteiger partial charge in [-0.25, -0.2) is 14.3 Å². The Kier molecular flexibility index (Phi) is 7.36. The molecule has 194 valence electrons. The van der Waals surface area contributed by atoms with Crippen molar-refractivity contribution >= 4 is 11.2 Å². The number of rotatable bonds is 8. The second-order valence-corrected chi connectivity index (χ2v) is 10.2. The summed E-state index contributed by atoms with van der Waals surface area (Å²) in [6.45, 7) is 7.50. The minimum Gasteiger partial charge on any atom is -0.372 e. The Hall–Kier alpha value is -3.53. The maximum Gasteiger partial charge on any atom is 0.332 e. The number of hydrogen-bond donors (Lipinski definition) is 3. The number of aliphatic hydroxyl groups is 1. The minimum absolute atomic E-state index is 0.152. The van der Waals surface area contributed by atoms with Gasteiger partial charge < -0.3 is 10.1 Å². The highest BCUT2D eigenvalue weighted by molar-refractivity contribution is 5.69. The van der Waals surface area contributed by atoms with Crippen LogP contribution >= 0.6 is 0 Å². The molecule has 4 aromatic rings. The molecule has 1 fully saturated rings. The molecule has 1 unspecified atom stereocenters. The largest absolute Gasteiger partial charge is 0.372 e. The van der Waals surface area contributed by atoms with E-state index >= 15 is 0 Å². The van der Waals surface area contributed by atoms with E-state index in [1.165, 1.54) is 15.7 Å². The number of nitrogens with one attached hydrogen (secondary N) is 2. The van der Waals surface area contributed by atoms with Crippen molar-refractivity contribution in [3.63, 3.8) is 0 Å². The number of aromatic amines is 2. The van der Waals surface area contributed by atoms with E-state index in [1.54, 1.807) is 0 Å². The number of hydrogen-bond acceptors (Lipinski definition) is 6. The van der Waals surface area contributed by atoms with Crippen molar-refractivity contribution in [3.05, 3.63) is 98.5 Å². The van der Waals surface area contributed by atoms with Crippen LogP contribution in [0.1, 0.15) is 43.1 Å². The number of aliphatic hydroxyl groups excluding tert-OH is 1. The van der Waals surface area contributed by atoms with Gasteiger partial charge >= 0.3 is 5.69 Å². The van der Waals surface area contributed by atoms with Crippen LogP contribution in [0.25, 0.3) is 11.2 Å². The molecule has 3 heterocycles. The van der Waals surface area contributed by atoms with E-state index in [-0.39, 0.29) is 23.8 Å². The van der Waals surface area contributed by atoms with Crippen LogP contribution < -0.4 is 11.2 Å². The van der Waals surface area contributed by atoms with Crippen LogP contribution in [0.4, 0.5) is 0 Å². The standard InChI is InChI=1S/C28H34N6O3/c1-19(2)17-22-29-24-26(30-22)34(28(37)31-27(24)36)23(35)18-32-13-15-33(16-14-32)25(20-9-5-3-6-10-20)21-11-7-4-8-12-21/h3-12,19,23,25,35H,13-18H2,1-2H3,(H,29,30)(H,31,36,37). The molecule has 2 aromatic heterocycles. The Morgan fingerprint density at radius 2 is 1.49 bits per heavy atom. The molecule has 0 radical (unpaired) electrons. The maximum atomic E-state index is 12.7. The molecule has 0 aliphatic carbocycles. The number of β-amino-alcohol motifs (C(OH)–C–C–N with tert-alkyl or cyclic N) is 1. The third kappa shape index (κ3) is 5.44. The quantitative estimate of drug-likeness (QED) is 0.342. The van der Waals surface area contributed by atoms with Gasteiger partial charge in [-0.05, 0) is 17.0 Å². The number of imidazole rings is 1. The van der Waals surface area contributed by atoms with Crippen LogP contribution in [-0.2, 0) is 6.42 Å². The van der Waals surface area contributed by atoms with Crippen molar-refractivity contribution in [3.8, 4) is 0 Å². The first-order valence-corrected chi connectivity index (χ1v) is 12.9. The summed E-state index contributed by atoms with van der Waals surface area (Å²) < 4.78 is 1.19. The smallest absolute Gasteiger partial charge is 0.332 e. The topological polar surface area (TPSA) is 110 Å². The van der Waals surface area contributed by atoms with Gasteiger partial charge in [0.2, 0.25) is 0 Å². The second kappa shape index (κ2) is 10.8. The Balaban J connectivity index is 1.32. The highest BCUT2D eigenvalue weighted by Crippen LogP contribution is 2.29. The lowest BCUT2D eigenvalue weighted by molar-refractivity contribution is 0.0284. The van der Waals surface area contributed by atoms with E-state index < -0.39 is 17.5 Å². The molecule has 0 amide bonds. The van der Waals surface area contributed by atoms with Crippen LogP contribution in [-0.4, -0.2) is 67.1 Å². The minimum atomic E-state index is -1.13. The SMILES string of the molecule is CC(C)Cc1nc2c([nH]1)c(=O)[nH]c(=O)n2C(O)CN1CCN(C(c2ccccc2)c2ccccc2)CC1.